The molecule has 194 valence electrons. The number of benzene rings is 2. The van der Waals surface area contributed by atoms with Crippen molar-refractivity contribution in [1.29, 1.82) is 0 Å². The summed E-state index contributed by atoms with van der Waals surface area (Å²) in [6.45, 7) is 6.73. The molecule has 0 radical (unpaired) electrons. The van der Waals surface area contributed by atoms with Gasteiger partial charge in [-0.1, -0.05) is 20.8 Å². The second kappa shape index (κ2) is 10.0. The molecule has 3 aromatic rings. The Morgan fingerprint density at radius 3 is 2.56 bits per heavy atom. The first-order valence-corrected chi connectivity index (χ1v) is 12.0. The molecular formula is C26H31F3N4O3. The molecule has 10 heteroatoms. The number of anilines is 2. The number of imidazole rings is 1. The van der Waals surface area contributed by atoms with Crippen LogP contribution >= 0.6 is 0 Å². The number of aliphatic hydroxyl groups excluding tert-OH is 1. The first-order chi connectivity index (χ1) is 16.9. The van der Waals surface area contributed by atoms with Crippen molar-refractivity contribution in [1.82, 2.24) is 14.9 Å². The molecule has 0 spiro atoms. The Labute approximate surface area is 207 Å². The Kier molecular flexibility index (Phi) is 7.17. The maximum absolute atomic E-state index is 12.6. The van der Waals surface area contributed by atoms with Gasteiger partial charge in [-0.05, 0) is 73.1 Å². The minimum atomic E-state index is -4.76. The number of nitrogens with zero attached hydrogens (tertiary/aromatic N) is 2. The van der Waals surface area contributed by atoms with Crippen LogP contribution < -0.4 is 15.4 Å². The van der Waals surface area contributed by atoms with Crippen LogP contribution in [0.15, 0.2) is 42.5 Å². The van der Waals surface area contributed by atoms with Crippen molar-refractivity contribution in [2.24, 2.45) is 11.3 Å². The highest BCUT2D eigenvalue weighted by molar-refractivity contribution is 5.97. The number of alkyl halides is 3. The summed E-state index contributed by atoms with van der Waals surface area (Å²) < 4.78 is 43.7. The third-order valence-corrected chi connectivity index (χ3v) is 6.42. The summed E-state index contributed by atoms with van der Waals surface area (Å²) in [6, 6.07) is 10.9. The van der Waals surface area contributed by atoms with Gasteiger partial charge in [0.2, 0.25) is 5.95 Å². The normalized spacial score (nSPS) is 19.8. The van der Waals surface area contributed by atoms with E-state index in [1.165, 1.54) is 24.3 Å². The standard InChI is InChI=1S/C26H31F3N4O3/c1-16-12-19(15-25(2,3)14-16)33-22-13-17(23(35)30-10-11-34)4-9-21(22)32-24(33)31-18-5-7-20(8-6-18)36-26(27,28)29/h4-9,13,16,19,34H,10-12,14-15H2,1-3H3,(H,30,35)(H,31,32)/t16-,19+/m1/s1. The maximum Gasteiger partial charge on any atom is 0.573 e. The SMILES string of the molecule is C[C@@H]1C[C@H](n2c(Nc3ccc(OC(F)(F)F)cc3)nc3ccc(C(=O)NCCO)cc32)CC(C)(C)C1. The van der Waals surface area contributed by atoms with Crippen molar-refractivity contribution >= 4 is 28.6 Å². The van der Waals surface area contributed by atoms with Gasteiger partial charge in [0.1, 0.15) is 5.75 Å². The second-order valence-electron chi connectivity index (χ2n) is 10.3. The Morgan fingerprint density at radius 2 is 1.92 bits per heavy atom. The number of aliphatic hydroxyl groups is 1. The van der Waals surface area contributed by atoms with Crippen LogP contribution in [-0.4, -0.2) is 40.1 Å². The van der Waals surface area contributed by atoms with Crippen molar-refractivity contribution < 1.29 is 27.8 Å². The number of carbonyl (C=O) groups is 1. The van der Waals surface area contributed by atoms with Crippen molar-refractivity contribution in [2.45, 2.75) is 52.4 Å². The number of amides is 1. The highest BCUT2D eigenvalue weighted by Gasteiger charge is 2.35. The minimum absolute atomic E-state index is 0.111. The summed E-state index contributed by atoms with van der Waals surface area (Å²) >= 11 is 0. The minimum Gasteiger partial charge on any atom is -0.406 e. The van der Waals surface area contributed by atoms with Crippen LogP contribution in [0, 0.1) is 11.3 Å². The van der Waals surface area contributed by atoms with Crippen LogP contribution in [0.1, 0.15) is 56.4 Å². The summed E-state index contributed by atoms with van der Waals surface area (Å²) in [6.07, 6.45) is -1.80. The lowest BCUT2D eigenvalue weighted by atomic mass is 9.70. The Morgan fingerprint density at radius 1 is 1.19 bits per heavy atom. The molecule has 1 amide bonds. The fraction of sp³-hybridized carbons (Fsp3) is 0.462. The zero-order valence-electron chi connectivity index (χ0n) is 20.5. The van der Waals surface area contributed by atoms with Crippen molar-refractivity contribution in [3.8, 4) is 5.75 Å². The molecule has 0 bridgehead atoms. The van der Waals surface area contributed by atoms with Gasteiger partial charge in [0, 0.05) is 23.8 Å². The van der Waals surface area contributed by atoms with Gasteiger partial charge in [0.05, 0.1) is 17.6 Å². The third kappa shape index (κ3) is 6.10. The van der Waals surface area contributed by atoms with E-state index in [-0.39, 0.29) is 36.3 Å². The number of aromatic nitrogens is 2. The summed E-state index contributed by atoms with van der Waals surface area (Å²) in [5, 5.41) is 15.0. The highest BCUT2D eigenvalue weighted by atomic mass is 19.4. The molecule has 1 saturated carbocycles. The Balaban J connectivity index is 1.73. The monoisotopic (exact) mass is 504 g/mol. The van der Waals surface area contributed by atoms with E-state index < -0.39 is 6.36 Å². The summed E-state index contributed by atoms with van der Waals surface area (Å²) in [5.74, 6) is 0.449. The van der Waals surface area contributed by atoms with E-state index in [9.17, 15) is 18.0 Å². The number of rotatable bonds is 7. The highest BCUT2D eigenvalue weighted by Crippen LogP contribution is 2.46. The van der Waals surface area contributed by atoms with Gasteiger partial charge in [-0.25, -0.2) is 4.98 Å². The quantitative estimate of drug-likeness (QED) is 0.379. The lowest BCUT2D eigenvalue weighted by Gasteiger charge is -2.40. The number of nitrogens with one attached hydrogen (secondary N) is 2. The van der Waals surface area contributed by atoms with E-state index in [0.29, 0.717) is 28.6 Å². The number of carbonyl (C=O) groups excluding carboxylic acids is 1. The molecule has 1 aromatic heterocycles. The number of hydrogen-bond donors (Lipinski definition) is 3. The van der Waals surface area contributed by atoms with E-state index >= 15 is 0 Å². The zero-order valence-corrected chi connectivity index (χ0v) is 20.5. The second-order valence-corrected chi connectivity index (χ2v) is 10.3. The topological polar surface area (TPSA) is 88.4 Å². The average Bonchev–Trinajstić information content (AvgIpc) is 3.13. The predicted molar refractivity (Wildman–Crippen MR) is 131 cm³/mol. The van der Waals surface area contributed by atoms with Crippen LogP contribution in [0.2, 0.25) is 0 Å². The predicted octanol–water partition coefficient (Wildman–Crippen LogP) is 5.79. The van der Waals surface area contributed by atoms with E-state index in [4.69, 9.17) is 10.1 Å². The molecule has 0 saturated heterocycles. The van der Waals surface area contributed by atoms with Gasteiger partial charge in [0.25, 0.3) is 5.91 Å². The van der Waals surface area contributed by atoms with Gasteiger partial charge >= 0.3 is 6.36 Å². The largest absolute Gasteiger partial charge is 0.573 e. The molecule has 0 unspecified atom stereocenters. The summed E-state index contributed by atoms with van der Waals surface area (Å²) in [5.41, 5.74) is 2.62. The van der Waals surface area contributed by atoms with Gasteiger partial charge < -0.3 is 25.0 Å². The van der Waals surface area contributed by atoms with E-state index in [0.717, 1.165) is 24.8 Å². The zero-order chi connectivity index (χ0) is 26.1. The molecule has 1 heterocycles. The van der Waals surface area contributed by atoms with Crippen LogP contribution in [-0.2, 0) is 0 Å². The van der Waals surface area contributed by atoms with Gasteiger partial charge in [0.15, 0.2) is 0 Å². The first kappa shape index (κ1) is 25.8. The molecule has 2 aromatic carbocycles. The molecule has 3 N–H and O–H groups in total. The fourth-order valence-electron chi connectivity index (χ4n) is 5.32. The Bertz CT molecular complexity index is 1220. The lowest BCUT2D eigenvalue weighted by Crippen LogP contribution is -2.30. The molecule has 1 aliphatic rings. The van der Waals surface area contributed by atoms with E-state index in [1.807, 2.05) is 0 Å². The van der Waals surface area contributed by atoms with Crippen LogP contribution in [0.5, 0.6) is 5.75 Å². The van der Waals surface area contributed by atoms with Crippen molar-refractivity contribution in [3.05, 3.63) is 48.0 Å². The number of hydrogen-bond acceptors (Lipinski definition) is 5. The molecule has 2 atom stereocenters. The number of ether oxygens (including phenoxy) is 1. The number of halogens is 3. The molecular weight excluding hydrogens is 473 g/mol. The summed E-state index contributed by atoms with van der Waals surface area (Å²) in [4.78, 5) is 17.3. The van der Waals surface area contributed by atoms with E-state index in [1.54, 1.807) is 18.2 Å². The average molecular weight is 505 g/mol. The first-order valence-electron chi connectivity index (χ1n) is 12.0. The summed E-state index contributed by atoms with van der Waals surface area (Å²) in [7, 11) is 0. The molecule has 7 nitrogen and oxygen atoms in total. The van der Waals surface area contributed by atoms with E-state index in [2.05, 4.69) is 40.7 Å². The lowest BCUT2D eigenvalue weighted by molar-refractivity contribution is -0.274. The van der Waals surface area contributed by atoms with Crippen molar-refractivity contribution in [3.63, 3.8) is 0 Å². The molecule has 0 aliphatic heterocycles. The van der Waals surface area contributed by atoms with Crippen LogP contribution in [0.4, 0.5) is 24.8 Å². The van der Waals surface area contributed by atoms with Crippen LogP contribution in [0.3, 0.4) is 0 Å². The molecule has 4 rings (SSSR count). The third-order valence-electron chi connectivity index (χ3n) is 6.42. The maximum atomic E-state index is 12.6. The van der Waals surface area contributed by atoms with Crippen LogP contribution in [0.25, 0.3) is 11.0 Å². The smallest absolute Gasteiger partial charge is 0.406 e. The fourth-order valence-corrected chi connectivity index (χ4v) is 5.32. The molecule has 1 fully saturated rings. The number of fused-ring (bicyclic) bond motifs is 1. The Hall–Kier alpha value is -3.27. The molecule has 1 aliphatic carbocycles. The van der Waals surface area contributed by atoms with Gasteiger partial charge in [-0.15, -0.1) is 13.2 Å². The van der Waals surface area contributed by atoms with Gasteiger partial charge in [-0.2, -0.15) is 0 Å². The van der Waals surface area contributed by atoms with Gasteiger partial charge in [-0.3, -0.25) is 4.79 Å². The van der Waals surface area contributed by atoms with Crippen molar-refractivity contribution in [2.75, 3.05) is 18.5 Å². The molecule has 36 heavy (non-hydrogen) atoms.